The van der Waals surface area contributed by atoms with E-state index in [1.807, 2.05) is 0 Å². The Kier molecular flexibility index (Phi) is 3.97. The summed E-state index contributed by atoms with van der Waals surface area (Å²) in [4.78, 5) is 24.8. The quantitative estimate of drug-likeness (QED) is 0.194. The summed E-state index contributed by atoms with van der Waals surface area (Å²) in [6.07, 6.45) is 0.247. The number of hydrogen-bond donors (Lipinski definition) is 7. The van der Waals surface area contributed by atoms with Gasteiger partial charge in [0.25, 0.3) is 5.91 Å². The number of allylic oxidation sites excluding steroid dienone is 2. The van der Waals surface area contributed by atoms with E-state index in [0.29, 0.717) is 5.56 Å². The van der Waals surface area contributed by atoms with Crippen molar-refractivity contribution in [2.45, 2.75) is 18.6 Å². The van der Waals surface area contributed by atoms with Crippen molar-refractivity contribution in [2.24, 2.45) is 28.6 Å². The zero-order valence-electron chi connectivity index (χ0n) is 14.9. The van der Waals surface area contributed by atoms with Gasteiger partial charge in [0.1, 0.15) is 22.8 Å². The molecule has 0 aromatic heterocycles. The fourth-order valence-electron chi connectivity index (χ4n) is 4.83. The molecule has 0 bridgehead atoms. The third-order valence-corrected chi connectivity index (χ3v) is 5.97. The number of rotatable bonds is 1. The third kappa shape index (κ3) is 2.39. The molecular formula is C19H18N2O8. The minimum atomic E-state index is -3.11. The van der Waals surface area contributed by atoms with E-state index in [1.165, 1.54) is 6.07 Å². The van der Waals surface area contributed by atoms with E-state index in [-0.39, 0.29) is 29.7 Å². The van der Waals surface area contributed by atoms with Gasteiger partial charge in [-0.1, -0.05) is 17.3 Å². The van der Waals surface area contributed by atoms with Crippen LogP contribution in [0.4, 0.5) is 0 Å². The zero-order valence-corrected chi connectivity index (χ0v) is 14.9. The lowest BCUT2D eigenvalue weighted by Gasteiger charge is -2.46. The Morgan fingerprint density at radius 1 is 1.21 bits per heavy atom. The van der Waals surface area contributed by atoms with Gasteiger partial charge in [-0.3, -0.25) is 9.59 Å². The van der Waals surface area contributed by atoms with E-state index < -0.39 is 58.0 Å². The van der Waals surface area contributed by atoms with Gasteiger partial charge in [0, 0.05) is 11.5 Å². The molecule has 3 unspecified atom stereocenters. The molecule has 0 saturated heterocycles. The maximum atomic E-state index is 13.0. The molecule has 10 heteroatoms. The van der Waals surface area contributed by atoms with Gasteiger partial charge < -0.3 is 36.5 Å². The van der Waals surface area contributed by atoms with Gasteiger partial charge in [0.15, 0.2) is 11.5 Å². The van der Waals surface area contributed by atoms with Crippen molar-refractivity contribution in [3.63, 3.8) is 0 Å². The van der Waals surface area contributed by atoms with Crippen LogP contribution < -0.4 is 5.73 Å². The van der Waals surface area contributed by atoms with Crippen molar-refractivity contribution < 1.29 is 40.3 Å². The summed E-state index contributed by atoms with van der Waals surface area (Å²) in [6, 6.07) is 4.55. The number of Topliss-reactive ketones (excluding diaryl/α,β-unsaturated/α-hetero) is 1. The van der Waals surface area contributed by atoms with Crippen molar-refractivity contribution in [2.75, 3.05) is 0 Å². The van der Waals surface area contributed by atoms with E-state index >= 15 is 0 Å². The number of aliphatic hydroxyl groups is 4. The predicted molar refractivity (Wildman–Crippen MR) is 96.1 cm³/mol. The molecule has 3 aliphatic rings. The van der Waals surface area contributed by atoms with Crippen LogP contribution in [0.25, 0.3) is 0 Å². The monoisotopic (exact) mass is 402 g/mol. The van der Waals surface area contributed by atoms with Gasteiger partial charge in [-0.15, -0.1) is 0 Å². The molecule has 0 radical (unpaired) electrons. The van der Waals surface area contributed by atoms with E-state index in [1.54, 1.807) is 12.1 Å². The molecule has 0 aliphatic heterocycles. The van der Waals surface area contributed by atoms with Crippen molar-refractivity contribution in [1.29, 1.82) is 0 Å². The van der Waals surface area contributed by atoms with E-state index in [0.717, 1.165) is 0 Å². The molecule has 8 N–H and O–H groups in total. The lowest BCUT2D eigenvalue weighted by Crippen LogP contribution is -2.57. The van der Waals surface area contributed by atoms with Crippen LogP contribution in [-0.4, -0.2) is 53.9 Å². The van der Waals surface area contributed by atoms with Gasteiger partial charge in [0.2, 0.25) is 5.79 Å². The van der Waals surface area contributed by atoms with Gasteiger partial charge in [-0.25, -0.2) is 0 Å². The number of benzene rings is 1. The molecule has 3 aliphatic carbocycles. The molecule has 1 aromatic carbocycles. The van der Waals surface area contributed by atoms with Gasteiger partial charge in [0.05, 0.1) is 11.5 Å². The summed E-state index contributed by atoms with van der Waals surface area (Å²) in [6.45, 7) is 0. The lowest BCUT2D eigenvalue weighted by atomic mass is 9.60. The summed E-state index contributed by atoms with van der Waals surface area (Å²) < 4.78 is 0. The number of fused-ring (bicyclic) bond motifs is 3. The smallest absolute Gasteiger partial charge is 0.253 e. The molecule has 1 aromatic rings. The van der Waals surface area contributed by atoms with E-state index in [9.17, 15) is 40.3 Å². The normalized spacial score (nSPS) is 29.4. The van der Waals surface area contributed by atoms with Crippen LogP contribution in [0.3, 0.4) is 0 Å². The number of ketones is 1. The van der Waals surface area contributed by atoms with Crippen molar-refractivity contribution in [3.8, 4) is 5.75 Å². The Labute approximate surface area is 163 Å². The van der Waals surface area contributed by atoms with Crippen LogP contribution in [0.1, 0.15) is 22.3 Å². The van der Waals surface area contributed by atoms with Crippen LogP contribution >= 0.6 is 0 Å². The van der Waals surface area contributed by atoms with Crippen LogP contribution in [-0.2, 0) is 11.2 Å². The SMILES string of the molecule is NC(=O)C1=C(O)/C(=N\O)C2CC3Cc4cccc(O)c4C(=O)C3=C(O)C2C1(O)O. The van der Waals surface area contributed by atoms with Crippen LogP contribution in [0, 0.1) is 17.8 Å². The molecule has 29 heavy (non-hydrogen) atoms. The molecule has 1 amide bonds. The number of amides is 1. The molecule has 0 spiro atoms. The topological polar surface area (TPSA) is 194 Å². The first-order valence-electron chi connectivity index (χ1n) is 8.80. The van der Waals surface area contributed by atoms with Crippen molar-refractivity contribution >= 4 is 17.4 Å². The number of phenolic OH excluding ortho intramolecular Hbond substituents is 1. The van der Waals surface area contributed by atoms with Crippen LogP contribution in [0.15, 0.2) is 46.0 Å². The maximum absolute atomic E-state index is 13.0. The van der Waals surface area contributed by atoms with E-state index in [2.05, 4.69) is 5.16 Å². The summed E-state index contributed by atoms with van der Waals surface area (Å²) >= 11 is 0. The molecule has 0 heterocycles. The Bertz CT molecular complexity index is 1050. The first kappa shape index (κ1) is 19.0. The molecule has 4 rings (SSSR count). The maximum Gasteiger partial charge on any atom is 0.253 e. The van der Waals surface area contributed by atoms with Gasteiger partial charge in [-0.05, 0) is 30.4 Å². The number of phenols is 1. The Morgan fingerprint density at radius 2 is 1.90 bits per heavy atom. The highest BCUT2D eigenvalue weighted by atomic mass is 16.5. The van der Waals surface area contributed by atoms with Crippen LogP contribution in [0.2, 0.25) is 0 Å². The number of aromatic hydroxyl groups is 1. The van der Waals surface area contributed by atoms with Crippen molar-refractivity contribution in [3.05, 3.63) is 52.0 Å². The Morgan fingerprint density at radius 3 is 2.52 bits per heavy atom. The molecule has 0 fully saturated rings. The minimum absolute atomic E-state index is 0.00324. The average Bonchev–Trinajstić information content (AvgIpc) is 2.60. The van der Waals surface area contributed by atoms with Gasteiger partial charge in [-0.2, -0.15) is 0 Å². The summed E-state index contributed by atoms with van der Waals surface area (Å²) in [5, 5.41) is 64.9. The first-order valence-corrected chi connectivity index (χ1v) is 8.80. The van der Waals surface area contributed by atoms with E-state index in [4.69, 9.17) is 5.73 Å². The summed E-state index contributed by atoms with van der Waals surface area (Å²) in [5.41, 5.74) is 4.08. The lowest BCUT2D eigenvalue weighted by molar-refractivity contribution is -0.184. The molecule has 0 saturated carbocycles. The highest BCUT2D eigenvalue weighted by Crippen LogP contribution is 2.52. The molecular weight excluding hydrogens is 384 g/mol. The second kappa shape index (κ2) is 6.06. The highest BCUT2D eigenvalue weighted by molar-refractivity contribution is 6.14. The minimum Gasteiger partial charge on any atom is -0.511 e. The van der Waals surface area contributed by atoms with Gasteiger partial charge >= 0.3 is 0 Å². The fraction of sp³-hybridized carbons (Fsp3) is 0.316. The number of primary amides is 1. The summed E-state index contributed by atoms with van der Waals surface area (Å²) in [7, 11) is 0. The number of oxime groups is 1. The second-order valence-electron chi connectivity index (χ2n) is 7.46. The zero-order chi connectivity index (χ0) is 21.2. The number of carbonyl (C=O) groups excluding carboxylic acids is 2. The molecule has 152 valence electrons. The Hall–Kier alpha value is -3.37. The number of carbonyl (C=O) groups is 2. The number of aliphatic hydroxyl groups excluding tert-OH is 2. The standard InChI is InChI=1S/C19H18N2O8/c20-18(26)13-17(25)14(21-29)8-5-7-4-6-2-1-3-9(22)10(6)15(23)11(7)16(24)12(8)19(13,27)28/h1-3,7-8,12,22,24-25,27-29H,4-5H2,(H2,20,26)/b21-14-. The highest BCUT2D eigenvalue weighted by Gasteiger charge is 2.59. The fourth-order valence-corrected chi connectivity index (χ4v) is 4.83. The number of nitrogens with zero attached hydrogens (tertiary/aromatic N) is 1. The number of nitrogens with two attached hydrogens (primary N) is 1. The van der Waals surface area contributed by atoms with Crippen molar-refractivity contribution in [1.82, 2.24) is 0 Å². The first-order chi connectivity index (χ1) is 13.6. The largest absolute Gasteiger partial charge is 0.511 e. The second-order valence-corrected chi connectivity index (χ2v) is 7.46. The number of hydrogen-bond acceptors (Lipinski definition) is 9. The predicted octanol–water partition coefficient (Wildman–Crippen LogP) is 0.0175. The third-order valence-electron chi connectivity index (χ3n) is 5.97. The molecule has 3 atom stereocenters. The molecule has 10 nitrogen and oxygen atoms in total. The summed E-state index contributed by atoms with van der Waals surface area (Å²) in [5.74, 6) is -10.6. The van der Waals surface area contributed by atoms with Crippen LogP contribution in [0.5, 0.6) is 5.75 Å². The Balaban J connectivity index is 1.95. The average molecular weight is 402 g/mol.